The molecule has 3 rings (SSSR count). The van der Waals surface area contributed by atoms with E-state index in [0.717, 1.165) is 50.9 Å². The van der Waals surface area contributed by atoms with Crippen LogP contribution in [-0.4, -0.2) is 47.0 Å². The molecule has 0 bridgehead atoms. The lowest BCUT2D eigenvalue weighted by atomic mass is 9.84. The molecular weight excluding hydrogens is 316 g/mol. The minimum Gasteiger partial charge on any atom is -0.377 e. The predicted molar refractivity (Wildman–Crippen MR) is 95.7 cm³/mol. The monoisotopic (exact) mass is 346 g/mol. The number of nitrogens with zero attached hydrogens (tertiary/aromatic N) is 3. The number of amides is 1. The molecule has 0 aromatic carbocycles. The molecule has 6 heteroatoms. The second-order valence-corrected chi connectivity index (χ2v) is 7.43. The Hall–Kier alpha value is -1.53. The number of carbonyl (C=O) groups excluding carboxylic acids is 1. The van der Waals surface area contributed by atoms with Crippen LogP contribution in [0.2, 0.25) is 0 Å². The average Bonchev–Trinajstić information content (AvgIpc) is 2.89. The fourth-order valence-electron chi connectivity index (χ4n) is 3.81. The molecule has 1 aliphatic heterocycles. The summed E-state index contributed by atoms with van der Waals surface area (Å²) in [6.07, 6.45) is 9.41. The van der Waals surface area contributed by atoms with Crippen LogP contribution in [0.5, 0.6) is 0 Å². The number of nitrogens with one attached hydrogen (secondary N) is 1. The van der Waals surface area contributed by atoms with E-state index in [4.69, 9.17) is 4.74 Å². The van der Waals surface area contributed by atoms with Crippen molar-refractivity contribution in [2.24, 2.45) is 11.8 Å². The fourth-order valence-corrected chi connectivity index (χ4v) is 3.81. The standard InChI is InChI=1S/C19H30N4O2/c1-3-5-16-11-23(10-14-8-20-18(13-25-2)21-9-14)12-17(16)22-19(24)15-6-4-7-15/h8-9,15-17H,3-7,10-13H2,1-2H3,(H,22,24)/t16-,17-/m1/s1. The van der Waals surface area contributed by atoms with Gasteiger partial charge in [0, 0.05) is 56.7 Å². The normalized spacial score (nSPS) is 24.2. The minimum absolute atomic E-state index is 0.262. The molecule has 0 radical (unpaired) electrons. The van der Waals surface area contributed by atoms with E-state index in [1.165, 1.54) is 6.42 Å². The van der Waals surface area contributed by atoms with Crippen LogP contribution in [-0.2, 0) is 22.7 Å². The Kier molecular flexibility index (Phi) is 6.37. The minimum atomic E-state index is 0.262. The Morgan fingerprint density at radius 3 is 2.68 bits per heavy atom. The lowest BCUT2D eigenvalue weighted by molar-refractivity contribution is -0.128. The summed E-state index contributed by atoms with van der Waals surface area (Å²) in [5.41, 5.74) is 1.11. The first-order chi connectivity index (χ1) is 12.2. The summed E-state index contributed by atoms with van der Waals surface area (Å²) in [5.74, 6) is 1.79. The van der Waals surface area contributed by atoms with Gasteiger partial charge in [0.15, 0.2) is 5.82 Å². The van der Waals surface area contributed by atoms with Gasteiger partial charge >= 0.3 is 0 Å². The van der Waals surface area contributed by atoms with E-state index >= 15 is 0 Å². The Balaban J connectivity index is 1.55. The molecule has 138 valence electrons. The van der Waals surface area contributed by atoms with Crippen LogP contribution in [0.4, 0.5) is 0 Å². The second kappa shape index (κ2) is 8.72. The molecule has 0 unspecified atom stereocenters. The molecule has 2 heterocycles. The zero-order chi connectivity index (χ0) is 17.6. The molecule has 1 aromatic heterocycles. The van der Waals surface area contributed by atoms with Crippen LogP contribution in [0, 0.1) is 11.8 Å². The molecular formula is C19H30N4O2. The number of likely N-dealkylation sites (tertiary alicyclic amines) is 1. The van der Waals surface area contributed by atoms with Gasteiger partial charge in [0.25, 0.3) is 0 Å². The van der Waals surface area contributed by atoms with Crippen molar-refractivity contribution in [3.05, 3.63) is 23.8 Å². The van der Waals surface area contributed by atoms with Gasteiger partial charge in [0.05, 0.1) is 0 Å². The van der Waals surface area contributed by atoms with Crippen molar-refractivity contribution in [2.75, 3.05) is 20.2 Å². The van der Waals surface area contributed by atoms with Crippen molar-refractivity contribution < 1.29 is 9.53 Å². The quantitative estimate of drug-likeness (QED) is 0.781. The third kappa shape index (κ3) is 4.76. The third-order valence-corrected chi connectivity index (χ3v) is 5.42. The molecule has 0 spiro atoms. The molecule has 2 fully saturated rings. The molecule has 1 saturated heterocycles. The van der Waals surface area contributed by atoms with Gasteiger partial charge in [0.1, 0.15) is 6.61 Å². The van der Waals surface area contributed by atoms with Gasteiger partial charge in [-0.15, -0.1) is 0 Å². The number of carbonyl (C=O) groups is 1. The van der Waals surface area contributed by atoms with Crippen LogP contribution >= 0.6 is 0 Å². The number of methoxy groups -OCH3 is 1. The zero-order valence-corrected chi connectivity index (χ0v) is 15.4. The summed E-state index contributed by atoms with van der Waals surface area (Å²) in [6.45, 7) is 5.45. The Morgan fingerprint density at radius 1 is 1.32 bits per heavy atom. The van der Waals surface area contributed by atoms with Crippen molar-refractivity contribution in [2.45, 2.75) is 58.2 Å². The predicted octanol–water partition coefficient (Wildman–Crippen LogP) is 2.14. The molecule has 6 nitrogen and oxygen atoms in total. The van der Waals surface area contributed by atoms with E-state index in [0.29, 0.717) is 18.3 Å². The molecule has 1 saturated carbocycles. The molecule has 1 aliphatic carbocycles. The molecule has 2 aliphatic rings. The maximum atomic E-state index is 12.3. The largest absolute Gasteiger partial charge is 0.377 e. The number of ether oxygens (including phenoxy) is 1. The van der Waals surface area contributed by atoms with E-state index in [1.807, 2.05) is 12.4 Å². The van der Waals surface area contributed by atoms with Gasteiger partial charge in [-0.2, -0.15) is 0 Å². The smallest absolute Gasteiger partial charge is 0.223 e. The summed E-state index contributed by atoms with van der Waals surface area (Å²) in [7, 11) is 1.65. The highest BCUT2D eigenvalue weighted by Gasteiger charge is 2.35. The average molecular weight is 346 g/mol. The summed E-state index contributed by atoms with van der Waals surface area (Å²) in [6, 6.07) is 0.279. The molecule has 2 atom stereocenters. The molecule has 25 heavy (non-hydrogen) atoms. The second-order valence-electron chi connectivity index (χ2n) is 7.43. The summed E-state index contributed by atoms with van der Waals surface area (Å²) in [5, 5.41) is 3.33. The van der Waals surface area contributed by atoms with Crippen molar-refractivity contribution >= 4 is 5.91 Å². The topological polar surface area (TPSA) is 67.3 Å². The van der Waals surface area contributed by atoms with E-state index in [9.17, 15) is 4.79 Å². The van der Waals surface area contributed by atoms with Gasteiger partial charge in [-0.1, -0.05) is 19.8 Å². The lowest BCUT2D eigenvalue weighted by Crippen LogP contribution is -2.45. The molecule has 1 aromatic rings. The Labute approximate surface area is 150 Å². The first-order valence-electron chi connectivity index (χ1n) is 9.51. The van der Waals surface area contributed by atoms with Gasteiger partial charge in [-0.25, -0.2) is 9.97 Å². The maximum Gasteiger partial charge on any atom is 0.223 e. The van der Waals surface area contributed by atoms with Gasteiger partial charge in [-0.05, 0) is 25.2 Å². The van der Waals surface area contributed by atoms with Crippen molar-refractivity contribution in [1.29, 1.82) is 0 Å². The number of rotatable bonds is 8. The van der Waals surface area contributed by atoms with E-state index in [-0.39, 0.29) is 17.9 Å². The van der Waals surface area contributed by atoms with Crippen LogP contribution < -0.4 is 5.32 Å². The number of aromatic nitrogens is 2. The number of hydrogen-bond acceptors (Lipinski definition) is 5. The Morgan fingerprint density at radius 2 is 2.08 bits per heavy atom. The first-order valence-corrected chi connectivity index (χ1v) is 9.51. The van der Waals surface area contributed by atoms with Gasteiger partial charge < -0.3 is 10.1 Å². The maximum absolute atomic E-state index is 12.3. The highest BCUT2D eigenvalue weighted by atomic mass is 16.5. The van der Waals surface area contributed by atoms with Crippen LogP contribution in [0.15, 0.2) is 12.4 Å². The third-order valence-electron chi connectivity index (χ3n) is 5.42. The van der Waals surface area contributed by atoms with Gasteiger partial charge in [0.2, 0.25) is 5.91 Å². The van der Waals surface area contributed by atoms with Crippen molar-refractivity contribution in [1.82, 2.24) is 20.2 Å². The van der Waals surface area contributed by atoms with Crippen molar-refractivity contribution in [3.8, 4) is 0 Å². The van der Waals surface area contributed by atoms with Crippen LogP contribution in [0.3, 0.4) is 0 Å². The zero-order valence-electron chi connectivity index (χ0n) is 15.4. The van der Waals surface area contributed by atoms with E-state index in [2.05, 4.69) is 27.1 Å². The summed E-state index contributed by atoms with van der Waals surface area (Å²) in [4.78, 5) is 23.4. The van der Waals surface area contributed by atoms with E-state index < -0.39 is 0 Å². The lowest BCUT2D eigenvalue weighted by Gasteiger charge is -2.27. The molecule has 1 amide bonds. The van der Waals surface area contributed by atoms with E-state index in [1.54, 1.807) is 7.11 Å². The highest BCUT2D eigenvalue weighted by molar-refractivity contribution is 5.79. The van der Waals surface area contributed by atoms with Gasteiger partial charge in [-0.3, -0.25) is 9.69 Å². The summed E-state index contributed by atoms with van der Waals surface area (Å²) >= 11 is 0. The number of hydrogen-bond donors (Lipinski definition) is 1. The van der Waals surface area contributed by atoms with Crippen molar-refractivity contribution in [3.63, 3.8) is 0 Å². The Bertz CT molecular complexity index is 559. The molecule has 1 N–H and O–H groups in total. The fraction of sp³-hybridized carbons (Fsp3) is 0.737. The highest BCUT2D eigenvalue weighted by Crippen LogP contribution is 2.28. The summed E-state index contributed by atoms with van der Waals surface area (Å²) < 4.78 is 5.05. The van der Waals surface area contributed by atoms with Crippen LogP contribution in [0.25, 0.3) is 0 Å². The van der Waals surface area contributed by atoms with Crippen LogP contribution in [0.1, 0.15) is 50.4 Å². The first kappa shape index (κ1) is 18.3. The SMILES string of the molecule is CCC[C@@H]1CN(Cc2cnc(COC)nc2)C[C@H]1NC(=O)C1CCC1.